The molecule has 0 unspecified atom stereocenters. The molecule has 0 bridgehead atoms. The first kappa shape index (κ1) is 29.6. The summed E-state index contributed by atoms with van der Waals surface area (Å²) >= 11 is 0. The van der Waals surface area contributed by atoms with E-state index >= 15 is 0 Å². The molecule has 0 aliphatic carbocycles. The van der Waals surface area contributed by atoms with E-state index in [9.17, 15) is 19.2 Å². The first-order chi connectivity index (χ1) is 19.1. The van der Waals surface area contributed by atoms with E-state index < -0.39 is 23.9 Å². The van der Waals surface area contributed by atoms with E-state index in [1.54, 1.807) is 62.4 Å². The van der Waals surface area contributed by atoms with Gasteiger partial charge in [0, 0.05) is 24.0 Å². The Labute approximate surface area is 232 Å². The van der Waals surface area contributed by atoms with Gasteiger partial charge in [-0.3, -0.25) is 0 Å². The summed E-state index contributed by atoms with van der Waals surface area (Å²) < 4.78 is 21.0. The topological polar surface area (TPSA) is 105 Å². The maximum absolute atomic E-state index is 12.5. The van der Waals surface area contributed by atoms with Crippen LogP contribution in [-0.2, 0) is 31.9 Å². The Bertz CT molecular complexity index is 1280. The van der Waals surface area contributed by atoms with Crippen LogP contribution in [0.1, 0.15) is 45.7 Å². The highest BCUT2D eigenvalue weighted by Crippen LogP contribution is 2.20. The minimum absolute atomic E-state index is 0.215. The van der Waals surface area contributed by atoms with Gasteiger partial charge in [-0.1, -0.05) is 37.4 Å². The van der Waals surface area contributed by atoms with Crippen LogP contribution in [-0.4, -0.2) is 37.1 Å². The fraction of sp³-hybridized carbons (Fsp3) is 0.188. The lowest BCUT2D eigenvalue weighted by Gasteiger charge is -2.08. The van der Waals surface area contributed by atoms with Crippen LogP contribution in [0.25, 0.3) is 0 Å². The summed E-state index contributed by atoms with van der Waals surface area (Å²) in [5, 5.41) is 0. The fourth-order valence-electron chi connectivity index (χ4n) is 3.29. The van der Waals surface area contributed by atoms with Crippen LogP contribution in [0.2, 0.25) is 0 Å². The van der Waals surface area contributed by atoms with Gasteiger partial charge >= 0.3 is 23.9 Å². The van der Waals surface area contributed by atoms with E-state index in [0.717, 1.165) is 11.1 Å². The van der Waals surface area contributed by atoms with Gasteiger partial charge in [0.2, 0.25) is 0 Å². The highest BCUT2D eigenvalue weighted by Gasteiger charge is 2.12. The van der Waals surface area contributed by atoms with Gasteiger partial charge < -0.3 is 18.9 Å². The zero-order chi connectivity index (χ0) is 29.1. The van der Waals surface area contributed by atoms with Gasteiger partial charge in [0.1, 0.15) is 11.5 Å². The van der Waals surface area contributed by atoms with Crippen LogP contribution in [0, 0.1) is 0 Å². The molecular formula is C32H30O8. The number of carbonyl (C=O) groups is 4. The fourth-order valence-corrected chi connectivity index (χ4v) is 3.29. The summed E-state index contributed by atoms with van der Waals surface area (Å²) in [5.41, 5.74) is 3.19. The number of benzene rings is 3. The Morgan fingerprint density at radius 1 is 0.550 bits per heavy atom. The largest absolute Gasteiger partial charge is 0.462 e. The molecule has 3 aromatic carbocycles. The first-order valence-corrected chi connectivity index (χ1v) is 12.5. The van der Waals surface area contributed by atoms with Crippen molar-refractivity contribution < 1.29 is 38.1 Å². The summed E-state index contributed by atoms with van der Waals surface area (Å²) in [6.07, 6.45) is 1.01. The monoisotopic (exact) mass is 542 g/mol. The van der Waals surface area contributed by atoms with E-state index in [4.69, 9.17) is 18.9 Å². The molecule has 0 atom stereocenters. The summed E-state index contributed by atoms with van der Waals surface area (Å²) in [6, 6.07) is 19.7. The van der Waals surface area contributed by atoms with E-state index in [1.807, 2.05) is 0 Å². The van der Waals surface area contributed by atoms with Gasteiger partial charge in [-0.15, -0.1) is 0 Å². The molecule has 0 spiro atoms. The third-order valence-electron chi connectivity index (χ3n) is 5.57. The summed E-state index contributed by atoms with van der Waals surface area (Å²) in [6.45, 7) is 10.7. The lowest BCUT2D eigenvalue weighted by molar-refractivity contribution is -0.139. The highest BCUT2D eigenvalue weighted by molar-refractivity contribution is 5.92. The molecule has 0 aliphatic rings. The van der Waals surface area contributed by atoms with Gasteiger partial charge in [-0.2, -0.15) is 0 Å². The Hall–Kier alpha value is -4.98. The third kappa shape index (κ3) is 9.09. The molecule has 8 heteroatoms. The molecule has 8 nitrogen and oxygen atoms in total. The maximum atomic E-state index is 12.5. The van der Waals surface area contributed by atoms with Crippen molar-refractivity contribution in [3.05, 3.63) is 119 Å². The number of esters is 4. The molecule has 40 heavy (non-hydrogen) atoms. The van der Waals surface area contributed by atoms with E-state index in [1.165, 1.54) is 24.3 Å². The second kappa shape index (κ2) is 14.2. The van der Waals surface area contributed by atoms with Crippen LogP contribution < -0.4 is 9.47 Å². The second-order valence-electron chi connectivity index (χ2n) is 8.98. The molecule has 3 rings (SSSR count). The van der Waals surface area contributed by atoms with Gasteiger partial charge in [0.15, 0.2) is 0 Å². The first-order valence-electron chi connectivity index (χ1n) is 12.5. The molecule has 0 radical (unpaired) electrons. The minimum atomic E-state index is -0.542. The molecular weight excluding hydrogens is 512 g/mol. The van der Waals surface area contributed by atoms with Crippen LogP contribution in [0.15, 0.2) is 97.1 Å². The van der Waals surface area contributed by atoms with Crippen molar-refractivity contribution in [1.29, 1.82) is 0 Å². The van der Waals surface area contributed by atoms with Gasteiger partial charge in [0.25, 0.3) is 0 Å². The second-order valence-corrected chi connectivity index (χ2v) is 8.98. The van der Waals surface area contributed by atoms with E-state index in [0.29, 0.717) is 35.1 Å². The number of hydrogen-bond donors (Lipinski definition) is 0. The zero-order valence-corrected chi connectivity index (χ0v) is 22.4. The maximum Gasteiger partial charge on any atom is 0.343 e. The lowest BCUT2D eigenvalue weighted by atomic mass is 10.1. The van der Waals surface area contributed by atoms with Gasteiger partial charge in [-0.25, -0.2) is 19.2 Å². The van der Waals surface area contributed by atoms with Crippen molar-refractivity contribution in [1.82, 2.24) is 0 Å². The average molecular weight is 543 g/mol. The van der Waals surface area contributed by atoms with Crippen molar-refractivity contribution in [3.63, 3.8) is 0 Å². The van der Waals surface area contributed by atoms with Crippen molar-refractivity contribution in [2.24, 2.45) is 0 Å². The standard InChI is InChI=1S/C32H30O8/c1-21(2)29(33)37-19-17-23-5-9-25(10-6-23)31(35)39-27-13-15-28(16-14-27)40-32(36)26-11-7-24(8-12-26)18-20-38-30(34)22(3)4/h5-16H,1,3,17-20H2,2,4H3. The Morgan fingerprint density at radius 2 is 0.875 bits per heavy atom. The lowest BCUT2D eigenvalue weighted by Crippen LogP contribution is -2.10. The number of carbonyl (C=O) groups excluding carboxylic acids is 4. The van der Waals surface area contributed by atoms with Gasteiger partial charge in [0.05, 0.1) is 24.3 Å². The number of hydrogen-bond acceptors (Lipinski definition) is 8. The number of rotatable bonds is 12. The normalized spacial score (nSPS) is 10.2. The van der Waals surface area contributed by atoms with E-state index in [2.05, 4.69) is 13.2 Å². The minimum Gasteiger partial charge on any atom is -0.462 e. The predicted octanol–water partition coefficient (Wildman–Crippen LogP) is 5.45. The summed E-state index contributed by atoms with van der Waals surface area (Å²) in [7, 11) is 0. The molecule has 0 N–H and O–H groups in total. The number of ether oxygens (including phenoxy) is 4. The van der Waals surface area contributed by atoms with Crippen LogP contribution >= 0.6 is 0 Å². The molecule has 0 saturated heterocycles. The van der Waals surface area contributed by atoms with Crippen molar-refractivity contribution >= 4 is 23.9 Å². The highest BCUT2D eigenvalue weighted by atomic mass is 16.5. The van der Waals surface area contributed by atoms with Crippen molar-refractivity contribution in [2.45, 2.75) is 26.7 Å². The molecule has 0 saturated carbocycles. The Balaban J connectivity index is 1.46. The van der Waals surface area contributed by atoms with Crippen molar-refractivity contribution in [2.75, 3.05) is 13.2 Å². The summed E-state index contributed by atoms with van der Waals surface area (Å²) in [4.78, 5) is 47.9. The quantitative estimate of drug-likeness (QED) is 0.169. The van der Waals surface area contributed by atoms with Crippen molar-refractivity contribution in [3.8, 4) is 11.5 Å². The van der Waals surface area contributed by atoms with Crippen LogP contribution in [0.5, 0.6) is 11.5 Å². The molecule has 0 amide bonds. The van der Waals surface area contributed by atoms with Crippen LogP contribution in [0.4, 0.5) is 0 Å². The molecule has 0 aliphatic heterocycles. The average Bonchev–Trinajstić information content (AvgIpc) is 2.94. The third-order valence-corrected chi connectivity index (χ3v) is 5.57. The smallest absolute Gasteiger partial charge is 0.343 e. The molecule has 0 heterocycles. The Morgan fingerprint density at radius 3 is 1.18 bits per heavy atom. The molecule has 206 valence electrons. The molecule has 0 aromatic heterocycles. The zero-order valence-electron chi connectivity index (χ0n) is 22.4. The molecule has 0 fully saturated rings. The van der Waals surface area contributed by atoms with E-state index in [-0.39, 0.29) is 24.7 Å². The summed E-state index contributed by atoms with van der Waals surface area (Å²) in [5.74, 6) is -1.38. The SMILES string of the molecule is C=C(C)C(=O)OCCc1ccc(C(=O)Oc2ccc(OC(=O)c3ccc(CCOC(=O)C(=C)C)cc3)cc2)cc1. The Kier molecular flexibility index (Phi) is 10.5. The molecule has 3 aromatic rings. The predicted molar refractivity (Wildman–Crippen MR) is 148 cm³/mol. The van der Waals surface area contributed by atoms with Crippen LogP contribution in [0.3, 0.4) is 0 Å². The van der Waals surface area contributed by atoms with Gasteiger partial charge in [-0.05, 0) is 73.5 Å².